The summed E-state index contributed by atoms with van der Waals surface area (Å²) < 4.78 is 6.00. The van der Waals surface area contributed by atoms with Gasteiger partial charge in [0.25, 0.3) is 0 Å². The van der Waals surface area contributed by atoms with E-state index in [0.29, 0.717) is 12.3 Å². The lowest BCUT2D eigenvalue weighted by molar-refractivity contribution is -0.158. The van der Waals surface area contributed by atoms with Crippen LogP contribution in [0.5, 0.6) is 0 Å². The van der Waals surface area contributed by atoms with E-state index in [1.54, 1.807) is 0 Å². The monoisotopic (exact) mass is 422 g/mol. The average molecular weight is 423 g/mol. The van der Waals surface area contributed by atoms with Crippen molar-refractivity contribution in [1.82, 2.24) is 0 Å². The van der Waals surface area contributed by atoms with Crippen molar-refractivity contribution in [3.63, 3.8) is 0 Å². The Balaban J connectivity index is 2.09. The van der Waals surface area contributed by atoms with Crippen LogP contribution in [0.1, 0.15) is 66.2 Å². The summed E-state index contributed by atoms with van der Waals surface area (Å²) in [5.41, 5.74) is 1.21. The van der Waals surface area contributed by atoms with Gasteiger partial charge in [-0.25, -0.2) is 0 Å². The van der Waals surface area contributed by atoms with Crippen molar-refractivity contribution in [3.8, 4) is 0 Å². The maximum absolute atomic E-state index is 12.5. The van der Waals surface area contributed by atoms with E-state index >= 15 is 0 Å². The number of aliphatic hydroxyl groups is 2. The maximum Gasteiger partial charge on any atom is 0.308 e. The predicted octanol–water partition coefficient (Wildman–Crippen LogP) is 3.72. The highest BCUT2D eigenvalue weighted by molar-refractivity contribution is 5.72. The molecule has 0 bridgehead atoms. The van der Waals surface area contributed by atoms with Gasteiger partial charge in [0.1, 0.15) is 6.10 Å². The van der Waals surface area contributed by atoms with Crippen LogP contribution in [-0.2, 0) is 14.3 Å². The Morgan fingerprint density at radius 1 is 1.23 bits per heavy atom. The Morgan fingerprint density at radius 2 is 1.93 bits per heavy atom. The molecule has 8 atom stereocenters. The molecule has 0 aliphatic heterocycles. The van der Waals surface area contributed by atoms with Gasteiger partial charge < -0.3 is 20.1 Å². The highest BCUT2D eigenvalue weighted by atomic mass is 16.5. The summed E-state index contributed by atoms with van der Waals surface area (Å²) in [5.74, 6) is -0.406. The minimum absolute atomic E-state index is 0.0556. The molecule has 170 valence electrons. The van der Waals surface area contributed by atoms with E-state index in [-0.39, 0.29) is 48.6 Å². The number of carboxylic acids is 1. The van der Waals surface area contributed by atoms with Crippen molar-refractivity contribution >= 4 is 11.9 Å². The number of carboxylic acid groups (broad SMARTS) is 1. The fourth-order valence-corrected chi connectivity index (χ4v) is 4.76. The number of hydrogen-bond acceptors (Lipinski definition) is 5. The Kier molecular flexibility index (Phi) is 9.10. The second-order valence-corrected chi connectivity index (χ2v) is 9.29. The lowest BCUT2D eigenvalue weighted by Crippen LogP contribution is -2.41. The lowest BCUT2D eigenvalue weighted by atomic mass is 9.65. The van der Waals surface area contributed by atoms with E-state index in [2.05, 4.69) is 32.1 Å². The number of rotatable bonds is 10. The lowest BCUT2D eigenvalue weighted by Gasteiger charge is -2.43. The molecule has 0 radical (unpaired) electrons. The number of allylic oxidation sites excluding steroid dienone is 3. The molecular formula is C24H38O6. The van der Waals surface area contributed by atoms with Crippen LogP contribution in [0.25, 0.3) is 0 Å². The average Bonchev–Trinajstić information content (AvgIpc) is 2.65. The van der Waals surface area contributed by atoms with Crippen LogP contribution < -0.4 is 0 Å². The quantitative estimate of drug-likeness (QED) is 0.464. The van der Waals surface area contributed by atoms with Crippen molar-refractivity contribution < 1.29 is 29.6 Å². The van der Waals surface area contributed by atoms with Crippen LogP contribution in [0.3, 0.4) is 0 Å². The minimum Gasteiger partial charge on any atom is -0.481 e. The summed E-state index contributed by atoms with van der Waals surface area (Å²) in [4.78, 5) is 23.2. The van der Waals surface area contributed by atoms with Crippen molar-refractivity contribution in [2.75, 3.05) is 0 Å². The molecule has 6 heteroatoms. The second-order valence-electron chi connectivity index (χ2n) is 9.29. The standard InChI is InChI=1S/C24H38O6/c1-5-15(3)24(29)30-21-11-14(2)10-17-7-6-16(4)20(23(17)21)9-8-18(25)12-19(26)13-22(27)28/h6-7,10,14-16,18-21,23,25-26H,5,8-9,11-13H2,1-4H3,(H,27,28)/t14-,15-,16-,18?,19-,20-,21+,23-/m1/s1. The number of carbonyl (C=O) groups excluding carboxylic acids is 1. The summed E-state index contributed by atoms with van der Waals surface area (Å²) >= 11 is 0. The van der Waals surface area contributed by atoms with Crippen LogP contribution >= 0.6 is 0 Å². The van der Waals surface area contributed by atoms with Gasteiger partial charge in [-0.1, -0.05) is 45.9 Å². The SMILES string of the molecule is CC[C@@H](C)C(=O)O[C@H]1C[C@H](C)C=C2C=C[C@@H](C)[C@@H](CCC(O)C[C@@H](O)CC(=O)O)[C@@H]21. The third-order valence-electron chi connectivity index (χ3n) is 6.67. The Morgan fingerprint density at radius 3 is 2.57 bits per heavy atom. The van der Waals surface area contributed by atoms with Crippen molar-refractivity contribution in [2.24, 2.45) is 29.6 Å². The zero-order chi connectivity index (χ0) is 22.4. The summed E-state index contributed by atoms with van der Waals surface area (Å²) in [6.07, 6.45) is 7.07. The van der Waals surface area contributed by atoms with Gasteiger partial charge in [-0.2, -0.15) is 0 Å². The molecule has 0 aromatic rings. The fraction of sp³-hybridized carbons (Fsp3) is 0.750. The Hall–Kier alpha value is -1.66. The van der Waals surface area contributed by atoms with Crippen molar-refractivity contribution in [2.45, 2.75) is 84.5 Å². The van der Waals surface area contributed by atoms with Crippen LogP contribution in [0, 0.1) is 29.6 Å². The fourth-order valence-electron chi connectivity index (χ4n) is 4.76. The topological polar surface area (TPSA) is 104 Å². The van der Waals surface area contributed by atoms with E-state index in [1.165, 1.54) is 5.57 Å². The second kappa shape index (κ2) is 11.1. The molecule has 0 saturated carbocycles. The molecule has 0 saturated heterocycles. The molecule has 0 aromatic heterocycles. The largest absolute Gasteiger partial charge is 0.481 e. The Labute approximate surface area is 180 Å². The van der Waals surface area contributed by atoms with Gasteiger partial charge in [-0.15, -0.1) is 0 Å². The first-order chi connectivity index (χ1) is 14.1. The zero-order valence-electron chi connectivity index (χ0n) is 18.7. The first kappa shape index (κ1) is 24.6. The highest BCUT2D eigenvalue weighted by Gasteiger charge is 2.41. The number of hydrogen-bond donors (Lipinski definition) is 3. The zero-order valence-corrected chi connectivity index (χ0v) is 18.7. The van der Waals surface area contributed by atoms with Crippen molar-refractivity contribution in [3.05, 3.63) is 23.8 Å². The number of ether oxygens (including phenoxy) is 1. The number of fused-ring (bicyclic) bond motifs is 1. The van der Waals surface area contributed by atoms with Crippen LogP contribution in [0.15, 0.2) is 23.8 Å². The van der Waals surface area contributed by atoms with Crippen molar-refractivity contribution in [1.29, 1.82) is 0 Å². The van der Waals surface area contributed by atoms with E-state index in [0.717, 1.165) is 19.3 Å². The van der Waals surface area contributed by atoms with Gasteiger partial charge in [0.15, 0.2) is 0 Å². The van der Waals surface area contributed by atoms with Gasteiger partial charge >= 0.3 is 11.9 Å². The first-order valence-corrected chi connectivity index (χ1v) is 11.3. The van der Waals surface area contributed by atoms with E-state index in [9.17, 15) is 19.8 Å². The molecule has 2 rings (SSSR count). The van der Waals surface area contributed by atoms with Crippen LogP contribution in [-0.4, -0.2) is 45.6 Å². The van der Waals surface area contributed by atoms with E-state index in [4.69, 9.17) is 9.84 Å². The highest BCUT2D eigenvalue weighted by Crippen LogP contribution is 2.45. The molecule has 0 aromatic carbocycles. The number of carbonyl (C=O) groups is 2. The predicted molar refractivity (Wildman–Crippen MR) is 115 cm³/mol. The van der Waals surface area contributed by atoms with Gasteiger partial charge in [-0.05, 0) is 55.4 Å². The molecule has 0 amide bonds. The third kappa shape index (κ3) is 6.67. The number of esters is 1. The molecule has 0 fully saturated rings. The smallest absolute Gasteiger partial charge is 0.308 e. The minimum atomic E-state index is -1.07. The summed E-state index contributed by atoms with van der Waals surface area (Å²) in [6.45, 7) is 8.16. The molecule has 2 aliphatic rings. The van der Waals surface area contributed by atoms with E-state index < -0.39 is 18.2 Å². The summed E-state index contributed by atoms with van der Waals surface area (Å²) in [5, 5.41) is 28.9. The molecule has 3 N–H and O–H groups in total. The molecule has 1 unspecified atom stereocenters. The molecule has 2 aliphatic carbocycles. The van der Waals surface area contributed by atoms with Gasteiger partial charge in [0.2, 0.25) is 0 Å². The summed E-state index contributed by atoms with van der Waals surface area (Å²) in [6, 6.07) is 0. The van der Waals surface area contributed by atoms with E-state index in [1.807, 2.05) is 13.8 Å². The summed E-state index contributed by atoms with van der Waals surface area (Å²) in [7, 11) is 0. The number of aliphatic hydroxyl groups excluding tert-OH is 2. The van der Waals surface area contributed by atoms with Gasteiger partial charge in [0, 0.05) is 5.92 Å². The Bertz CT molecular complexity index is 654. The molecule has 6 nitrogen and oxygen atoms in total. The molecule has 30 heavy (non-hydrogen) atoms. The van der Waals surface area contributed by atoms with Crippen LogP contribution in [0.4, 0.5) is 0 Å². The number of aliphatic carboxylic acids is 1. The third-order valence-corrected chi connectivity index (χ3v) is 6.67. The first-order valence-electron chi connectivity index (χ1n) is 11.3. The maximum atomic E-state index is 12.5. The molecule has 0 heterocycles. The molecule has 0 spiro atoms. The van der Waals surface area contributed by atoms with Gasteiger partial charge in [0.05, 0.1) is 24.5 Å². The van der Waals surface area contributed by atoms with Gasteiger partial charge in [-0.3, -0.25) is 9.59 Å². The molecular weight excluding hydrogens is 384 g/mol. The normalized spacial score (nSPS) is 31.3. The van der Waals surface area contributed by atoms with Crippen LogP contribution in [0.2, 0.25) is 0 Å².